The fraction of sp³-hybridized carbons (Fsp3) is 0.389. The molecule has 0 bridgehead atoms. The number of benzene rings is 1. The molecule has 3 heterocycles. The van der Waals surface area contributed by atoms with Crippen molar-refractivity contribution < 1.29 is 17.9 Å². The van der Waals surface area contributed by atoms with Gasteiger partial charge in [0, 0.05) is 22.7 Å². The van der Waals surface area contributed by atoms with Gasteiger partial charge in [-0.25, -0.2) is 8.42 Å². The van der Waals surface area contributed by atoms with Crippen LogP contribution in [-0.2, 0) is 14.6 Å². The zero-order chi connectivity index (χ0) is 20.6. The summed E-state index contributed by atoms with van der Waals surface area (Å²) in [5, 5.41) is 10.1. The third-order valence-electron chi connectivity index (χ3n) is 4.70. The molecule has 0 unspecified atom stereocenters. The molecule has 29 heavy (non-hydrogen) atoms. The SMILES string of the molecule is COc1ccc(N(CC(=O)Nc2cc(C)[nH]n2)C2=N[C@H]3CS(=O)(=O)C[C@H]3S2)cc1. The minimum absolute atomic E-state index is 0.0241. The number of thioether (sulfide) groups is 1. The van der Waals surface area contributed by atoms with Crippen molar-refractivity contribution in [3.63, 3.8) is 0 Å². The Morgan fingerprint density at radius 2 is 2.10 bits per heavy atom. The van der Waals surface area contributed by atoms with Crippen LogP contribution < -0.4 is 15.0 Å². The van der Waals surface area contributed by atoms with Gasteiger partial charge in [0.2, 0.25) is 5.91 Å². The number of nitrogens with one attached hydrogen (secondary N) is 2. The summed E-state index contributed by atoms with van der Waals surface area (Å²) in [4.78, 5) is 19.1. The zero-order valence-corrected chi connectivity index (χ0v) is 17.6. The molecule has 1 aromatic carbocycles. The lowest BCUT2D eigenvalue weighted by Gasteiger charge is -2.24. The van der Waals surface area contributed by atoms with Crippen LogP contribution in [0.15, 0.2) is 35.3 Å². The largest absolute Gasteiger partial charge is 0.497 e. The van der Waals surface area contributed by atoms with Crippen molar-refractivity contribution in [3.8, 4) is 5.75 Å². The van der Waals surface area contributed by atoms with Crippen molar-refractivity contribution in [2.45, 2.75) is 18.2 Å². The summed E-state index contributed by atoms with van der Waals surface area (Å²) in [5.41, 5.74) is 1.62. The number of nitrogens with zero attached hydrogens (tertiary/aromatic N) is 3. The first-order chi connectivity index (χ1) is 13.8. The lowest BCUT2D eigenvalue weighted by atomic mass is 10.2. The molecule has 1 saturated heterocycles. The highest BCUT2D eigenvalue weighted by molar-refractivity contribution is 8.15. The predicted molar refractivity (Wildman–Crippen MR) is 114 cm³/mol. The van der Waals surface area contributed by atoms with Crippen LogP contribution in [0.4, 0.5) is 11.5 Å². The molecule has 9 nitrogen and oxygen atoms in total. The van der Waals surface area contributed by atoms with Crippen LogP contribution in [0.3, 0.4) is 0 Å². The predicted octanol–water partition coefficient (Wildman–Crippen LogP) is 1.44. The second-order valence-corrected chi connectivity index (χ2v) is 10.3. The van der Waals surface area contributed by atoms with E-state index in [0.717, 1.165) is 11.4 Å². The van der Waals surface area contributed by atoms with E-state index in [9.17, 15) is 13.2 Å². The van der Waals surface area contributed by atoms with Gasteiger partial charge >= 0.3 is 0 Å². The number of carbonyl (C=O) groups excluding carboxylic acids is 1. The summed E-state index contributed by atoms with van der Waals surface area (Å²) >= 11 is 1.41. The highest BCUT2D eigenvalue weighted by atomic mass is 32.2. The fourth-order valence-corrected chi connectivity index (χ4v) is 7.09. The van der Waals surface area contributed by atoms with Crippen LogP contribution in [0.25, 0.3) is 0 Å². The molecule has 154 valence electrons. The van der Waals surface area contributed by atoms with Gasteiger partial charge in [-0.2, -0.15) is 5.10 Å². The van der Waals surface area contributed by atoms with Gasteiger partial charge in [-0.3, -0.25) is 14.9 Å². The molecule has 2 N–H and O–H groups in total. The number of aryl methyl sites for hydroxylation is 1. The van der Waals surface area contributed by atoms with Gasteiger partial charge in [-0.15, -0.1) is 0 Å². The second kappa shape index (κ2) is 7.71. The third kappa shape index (κ3) is 4.40. The highest BCUT2D eigenvalue weighted by Crippen LogP contribution is 2.37. The summed E-state index contributed by atoms with van der Waals surface area (Å²) in [6, 6.07) is 8.79. The van der Waals surface area contributed by atoms with E-state index in [-0.39, 0.29) is 35.2 Å². The first-order valence-electron chi connectivity index (χ1n) is 9.01. The van der Waals surface area contributed by atoms with E-state index < -0.39 is 9.84 Å². The number of fused-ring (bicyclic) bond motifs is 1. The number of hydrogen-bond donors (Lipinski definition) is 2. The number of methoxy groups -OCH3 is 1. The van der Waals surface area contributed by atoms with Crippen molar-refractivity contribution in [1.29, 1.82) is 0 Å². The maximum Gasteiger partial charge on any atom is 0.245 e. The number of amides is 1. The van der Waals surface area contributed by atoms with Crippen LogP contribution in [0.5, 0.6) is 5.75 Å². The maximum atomic E-state index is 12.6. The Morgan fingerprint density at radius 1 is 1.34 bits per heavy atom. The molecule has 2 aromatic rings. The molecule has 0 saturated carbocycles. The number of anilines is 2. The van der Waals surface area contributed by atoms with Gasteiger partial charge in [-0.05, 0) is 31.2 Å². The molecule has 2 aliphatic heterocycles. The van der Waals surface area contributed by atoms with Gasteiger partial charge in [0.25, 0.3) is 0 Å². The maximum absolute atomic E-state index is 12.6. The van der Waals surface area contributed by atoms with Crippen molar-refractivity contribution in [3.05, 3.63) is 36.0 Å². The summed E-state index contributed by atoms with van der Waals surface area (Å²) in [6.45, 7) is 1.87. The van der Waals surface area contributed by atoms with E-state index in [0.29, 0.717) is 16.7 Å². The Balaban J connectivity index is 1.56. The van der Waals surface area contributed by atoms with Crippen LogP contribution in [0, 0.1) is 6.92 Å². The lowest BCUT2D eigenvalue weighted by molar-refractivity contribution is -0.114. The normalized spacial score (nSPS) is 22.1. The highest BCUT2D eigenvalue weighted by Gasteiger charge is 2.44. The molecule has 2 aliphatic rings. The minimum atomic E-state index is -3.04. The molecular weight excluding hydrogens is 414 g/mol. The van der Waals surface area contributed by atoms with Gasteiger partial charge in [0.05, 0.1) is 24.7 Å². The molecule has 1 aromatic heterocycles. The molecule has 1 fully saturated rings. The van der Waals surface area contributed by atoms with Crippen LogP contribution in [-0.4, -0.2) is 66.1 Å². The number of rotatable bonds is 5. The number of amidine groups is 1. The number of H-pyrrole nitrogens is 1. The Hall–Kier alpha value is -2.53. The summed E-state index contributed by atoms with van der Waals surface area (Å²) < 4.78 is 28.9. The van der Waals surface area contributed by atoms with E-state index in [4.69, 9.17) is 4.74 Å². The van der Waals surface area contributed by atoms with E-state index >= 15 is 0 Å². The average molecular weight is 436 g/mol. The Labute approximate surface area is 172 Å². The molecule has 2 atom stereocenters. The van der Waals surface area contributed by atoms with Gasteiger partial charge in [0.15, 0.2) is 20.8 Å². The first kappa shape index (κ1) is 19.8. The Morgan fingerprint density at radius 3 is 2.72 bits per heavy atom. The lowest BCUT2D eigenvalue weighted by Crippen LogP contribution is -2.36. The summed E-state index contributed by atoms with van der Waals surface area (Å²) in [5.74, 6) is 1.08. The number of sulfone groups is 1. The minimum Gasteiger partial charge on any atom is -0.497 e. The second-order valence-electron chi connectivity index (χ2n) is 6.98. The van der Waals surface area contributed by atoms with E-state index in [1.54, 1.807) is 18.1 Å². The molecule has 0 spiro atoms. The van der Waals surface area contributed by atoms with Crippen molar-refractivity contribution in [2.75, 3.05) is 35.4 Å². The van der Waals surface area contributed by atoms with E-state index in [2.05, 4.69) is 20.5 Å². The van der Waals surface area contributed by atoms with Crippen LogP contribution in [0.2, 0.25) is 0 Å². The molecule has 11 heteroatoms. The third-order valence-corrected chi connectivity index (χ3v) is 7.94. The first-order valence-corrected chi connectivity index (χ1v) is 11.7. The van der Waals surface area contributed by atoms with Gasteiger partial charge < -0.3 is 15.0 Å². The smallest absolute Gasteiger partial charge is 0.245 e. The van der Waals surface area contributed by atoms with Gasteiger partial charge in [-0.1, -0.05) is 11.8 Å². The quantitative estimate of drug-likeness (QED) is 0.730. The van der Waals surface area contributed by atoms with Crippen molar-refractivity contribution in [1.82, 2.24) is 10.2 Å². The summed E-state index contributed by atoms with van der Waals surface area (Å²) in [6.07, 6.45) is 0. The average Bonchev–Trinajstić information content (AvgIpc) is 3.32. The number of ether oxygens (including phenoxy) is 1. The van der Waals surface area contributed by atoms with Gasteiger partial charge in [0.1, 0.15) is 12.3 Å². The molecule has 1 amide bonds. The van der Waals surface area contributed by atoms with Crippen LogP contribution in [0.1, 0.15) is 5.69 Å². The molecule has 0 aliphatic carbocycles. The Kier molecular flexibility index (Phi) is 5.26. The number of carbonyl (C=O) groups is 1. The van der Waals surface area contributed by atoms with Crippen molar-refractivity contribution >= 4 is 44.2 Å². The Bertz CT molecular complexity index is 1050. The van der Waals surface area contributed by atoms with Crippen molar-refractivity contribution in [2.24, 2.45) is 4.99 Å². The summed E-state index contributed by atoms with van der Waals surface area (Å²) in [7, 11) is -1.46. The number of aliphatic imine (C=N–C) groups is 1. The molecule has 0 radical (unpaired) electrons. The van der Waals surface area contributed by atoms with E-state index in [1.165, 1.54) is 11.8 Å². The monoisotopic (exact) mass is 435 g/mol. The zero-order valence-electron chi connectivity index (χ0n) is 16.0. The molecule has 4 rings (SSSR count). The fourth-order valence-electron chi connectivity index (χ4n) is 3.31. The van der Waals surface area contributed by atoms with E-state index in [1.807, 2.05) is 31.2 Å². The number of aromatic nitrogens is 2. The van der Waals surface area contributed by atoms with Crippen LogP contribution >= 0.6 is 11.8 Å². The topological polar surface area (TPSA) is 117 Å². The number of aromatic amines is 1. The molecular formula is C18H21N5O4S2. The number of hydrogen-bond acceptors (Lipinski definition) is 8. The standard InChI is InChI=1S/C18H21N5O4S2/c1-11-7-16(22-21-11)20-17(24)8-23(12-3-5-13(27-2)6-4-12)18-19-14-9-29(25,26)10-15(14)28-18/h3-7,14-15H,8-10H2,1-2H3,(H2,20,21,22,24)/t14-,15+/m0/s1.